The summed E-state index contributed by atoms with van der Waals surface area (Å²) in [6.07, 6.45) is -1.84. The summed E-state index contributed by atoms with van der Waals surface area (Å²) < 4.78 is 14.7. The summed E-state index contributed by atoms with van der Waals surface area (Å²) in [6, 6.07) is 0. The van der Waals surface area contributed by atoms with Crippen LogP contribution in [0.25, 0.3) is 0 Å². The molecule has 56 valence electrons. The van der Waals surface area contributed by atoms with E-state index in [-0.39, 0.29) is 6.61 Å². The maximum Gasteiger partial charge on any atom is 0.246 e. The first-order valence-corrected chi connectivity index (χ1v) is 3.44. The molecule has 0 heterocycles. The number of alkyl halides is 4. The Kier molecular flexibility index (Phi) is 4.14. The zero-order chi connectivity index (χ0) is 7.49. The van der Waals surface area contributed by atoms with Gasteiger partial charge < -0.3 is 4.74 Å². The Morgan fingerprint density at radius 2 is 2.00 bits per heavy atom. The van der Waals surface area contributed by atoms with Crippen molar-refractivity contribution in [3.8, 4) is 0 Å². The van der Waals surface area contributed by atoms with Gasteiger partial charge in [0.25, 0.3) is 0 Å². The standard InChI is InChI=1S/C4H6Cl3FO/c1-2-9-3(8)4(5,6)7/h3H,2H2,1H3/t3-/m1/s1. The highest BCUT2D eigenvalue weighted by atomic mass is 35.6. The van der Waals surface area contributed by atoms with E-state index in [0.717, 1.165) is 0 Å². The lowest BCUT2D eigenvalue weighted by molar-refractivity contribution is -0.0286. The van der Waals surface area contributed by atoms with Crippen molar-refractivity contribution < 1.29 is 9.13 Å². The molecule has 0 saturated carbocycles. The summed E-state index contributed by atoms with van der Waals surface area (Å²) in [5.74, 6) is 0. The summed E-state index contributed by atoms with van der Waals surface area (Å²) in [5, 5.41) is 0. The molecule has 0 bridgehead atoms. The van der Waals surface area contributed by atoms with Crippen molar-refractivity contribution in [3.63, 3.8) is 0 Å². The molecule has 0 fully saturated rings. The zero-order valence-electron chi connectivity index (χ0n) is 4.70. The normalized spacial score (nSPS) is 15.7. The van der Waals surface area contributed by atoms with Crippen LogP contribution >= 0.6 is 34.8 Å². The van der Waals surface area contributed by atoms with Gasteiger partial charge in [-0.2, -0.15) is 0 Å². The Labute approximate surface area is 68.0 Å². The fraction of sp³-hybridized carbons (Fsp3) is 1.00. The van der Waals surface area contributed by atoms with Gasteiger partial charge in [-0.1, -0.05) is 34.8 Å². The second-order valence-corrected chi connectivity index (χ2v) is 3.68. The van der Waals surface area contributed by atoms with Gasteiger partial charge >= 0.3 is 0 Å². The fourth-order valence-corrected chi connectivity index (χ4v) is 0.430. The highest BCUT2D eigenvalue weighted by Crippen LogP contribution is 2.32. The van der Waals surface area contributed by atoms with E-state index in [9.17, 15) is 4.39 Å². The van der Waals surface area contributed by atoms with Crippen LogP contribution in [-0.4, -0.2) is 16.8 Å². The van der Waals surface area contributed by atoms with E-state index in [1.165, 1.54) is 0 Å². The molecular weight excluding hydrogens is 189 g/mol. The molecule has 1 atom stereocenters. The molecule has 0 aliphatic carbocycles. The van der Waals surface area contributed by atoms with Gasteiger partial charge in [0.2, 0.25) is 10.2 Å². The van der Waals surface area contributed by atoms with Gasteiger partial charge in [-0.15, -0.1) is 0 Å². The number of hydrogen-bond acceptors (Lipinski definition) is 1. The summed E-state index contributed by atoms with van der Waals surface area (Å²) in [6.45, 7) is 1.80. The Hall–Kier alpha value is 0.760. The van der Waals surface area contributed by atoms with Gasteiger partial charge in [-0.3, -0.25) is 0 Å². The summed E-state index contributed by atoms with van der Waals surface area (Å²) in [4.78, 5) is 0. The highest BCUT2D eigenvalue weighted by Gasteiger charge is 2.33. The first kappa shape index (κ1) is 9.76. The van der Waals surface area contributed by atoms with Gasteiger partial charge in [0.15, 0.2) is 0 Å². The van der Waals surface area contributed by atoms with Crippen LogP contribution < -0.4 is 0 Å². The quantitative estimate of drug-likeness (QED) is 0.616. The average molecular weight is 195 g/mol. The molecule has 0 unspecified atom stereocenters. The topological polar surface area (TPSA) is 9.23 Å². The van der Waals surface area contributed by atoms with Crippen LogP contribution in [0.3, 0.4) is 0 Å². The van der Waals surface area contributed by atoms with Crippen molar-refractivity contribution in [2.24, 2.45) is 0 Å². The highest BCUT2D eigenvalue weighted by molar-refractivity contribution is 6.67. The minimum Gasteiger partial charge on any atom is -0.345 e. The Morgan fingerprint density at radius 3 is 2.11 bits per heavy atom. The summed E-state index contributed by atoms with van der Waals surface area (Å²) >= 11 is 15.3. The molecule has 0 aliphatic heterocycles. The number of halogens is 4. The first-order chi connectivity index (χ1) is 3.98. The molecule has 0 aromatic carbocycles. The second kappa shape index (κ2) is 3.81. The van der Waals surface area contributed by atoms with Gasteiger partial charge in [0.05, 0.1) is 0 Å². The SMILES string of the molecule is CCO[C@@H](F)C(Cl)(Cl)Cl. The van der Waals surface area contributed by atoms with Crippen LogP contribution in [0.1, 0.15) is 6.92 Å². The van der Waals surface area contributed by atoms with Crippen molar-refractivity contribution in [1.82, 2.24) is 0 Å². The predicted octanol–water partition coefficient (Wildman–Crippen LogP) is 2.69. The Bertz CT molecular complexity index is 82.4. The molecular formula is C4H6Cl3FO. The maximum atomic E-state index is 12.3. The molecule has 0 aliphatic rings. The van der Waals surface area contributed by atoms with Crippen molar-refractivity contribution in [3.05, 3.63) is 0 Å². The number of ether oxygens (including phenoxy) is 1. The molecule has 5 heteroatoms. The van der Waals surface area contributed by atoms with Crippen molar-refractivity contribution in [1.29, 1.82) is 0 Å². The number of rotatable bonds is 2. The van der Waals surface area contributed by atoms with Gasteiger partial charge in [0.1, 0.15) is 0 Å². The molecule has 0 N–H and O–H groups in total. The third kappa shape index (κ3) is 4.20. The van der Waals surface area contributed by atoms with Crippen molar-refractivity contribution in [2.45, 2.75) is 17.1 Å². The Balaban J connectivity index is 3.59. The minimum atomic E-state index is -1.96. The summed E-state index contributed by atoms with van der Waals surface area (Å²) in [5.41, 5.74) is 0. The van der Waals surface area contributed by atoms with Crippen LogP contribution in [-0.2, 0) is 4.74 Å². The average Bonchev–Trinajstić information content (AvgIpc) is 1.64. The number of hydrogen-bond donors (Lipinski definition) is 0. The van der Waals surface area contributed by atoms with Crippen molar-refractivity contribution >= 4 is 34.8 Å². The second-order valence-electron chi connectivity index (χ2n) is 1.31. The molecule has 0 rings (SSSR count). The Morgan fingerprint density at radius 1 is 1.56 bits per heavy atom. The molecule has 0 aromatic heterocycles. The lowest BCUT2D eigenvalue weighted by Crippen LogP contribution is -2.23. The van der Waals surface area contributed by atoms with E-state index < -0.39 is 10.2 Å². The maximum absolute atomic E-state index is 12.3. The van der Waals surface area contributed by atoms with Crippen molar-refractivity contribution in [2.75, 3.05) is 6.61 Å². The zero-order valence-corrected chi connectivity index (χ0v) is 6.97. The molecule has 9 heavy (non-hydrogen) atoms. The van der Waals surface area contributed by atoms with Gasteiger partial charge in [-0.05, 0) is 6.92 Å². The van der Waals surface area contributed by atoms with Crippen LogP contribution in [0, 0.1) is 0 Å². The molecule has 0 spiro atoms. The monoisotopic (exact) mass is 194 g/mol. The predicted molar refractivity (Wildman–Crippen MR) is 36.8 cm³/mol. The van der Waals surface area contributed by atoms with E-state index in [4.69, 9.17) is 34.8 Å². The van der Waals surface area contributed by atoms with Crippen LogP contribution in [0.15, 0.2) is 0 Å². The minimum absolute atomic E-state index is 0.190. The molecule has 1 nitrogen and oxygen atoms in total. The van der Waals surface area contributed by atoms with Crippen LogP contribution in [0.5, 0.6) is 0 Å². The molecule has 0 amide bonds. The van der Waals surface area contributed by atoms with E-state index >= 15 is 0 Å². The van der Waals surface area contributed by atoms with Gasteiger partial charge in [0, 0.05) is 6.61 Å². The largest absolute Gasteiger partial charge is 0.345 e. The van der Waals surface area contributed by atoms with Crippen LogP contribution in [0.4, 0.5) is 4.39 Å². The molecule has 0 aromatic rings. The molecule has 0 saturated heterocycles. The van der Waals surface area contributed by atoms with E-state index in [0.29, 0.717) is 0 Å². The lowest BCUT2D eigenvalue weighted by atomic mass is 10.7. The first-order valence-electron chi connectivity index (χ1n) is 2.31. The van der Waals surface area contributed by atoms with Gasteiger partial charge in [-0.25, -0.2) is 4.39 Å². The molecule has 0 radical (unpaired) electrons. The fourth-order valence-electron chi connectivity index (χ4n) is 0.241. The smallest absolute Gasteiger partial charge is 0.246 e. The van der Waals surface area contributed by atoms with Crippen LogP contribution in [0.2, 0.25) is 0 Å². The lowest BCUT2D eigenvalue weighted by Gasteiger charge is -2.15. The third-order valence-electron chi connectivity index (χ3n) is 0.570. The van der Waals surface area contributed by atoms with E-state index in [1.54, 1.807) is 6.92 Å². The van der Waals surface area contributed by atoms with E-state index in [1.807, 2.05) is 0 Å². The van der Waals surface area contributed by atoms with E-state index in [2.05, 4.69) is 4.74 Å². The third-order valence-corrected chi connectivity index (χ3v) is 1.09. The summed E-state index contributed by atoms with van der Waals surface area (Å²) in [7, 11) is 0.